The molecule has 0 aromatic heterocycles. The molecule has 31 heavy (non-hydrogen) atoms. The Morgan fingerprint density at radius 1 is 0.839 bits per heavy atom. The van der Waals surface area contributed by atoms with Crippen molar-refractivity contribution in [2.75, 3.05) is 31.1 Å². The SMILES string of the molecule is N#Cc1c(N2CCCC2)cc(-c2ccccc2)c2c1CCN(CCc1ccccc1)C2. The zero-order valence-electron chi connectivity index (χ0n) is 18.1. The average Bonchev–Trinajstić information content (AvgIpc) is 3.37. The van der Waals surface area contributed by atoms with E-state index in [9.17, 15) is 5.26 Å². The summed E-state index contributed by atoms with van der Waals surface area (Å²) in [5.41, 5.74) is 8.65. The van der Waals surface area contributed by atoms with Crippen molar-refractivity contribution in [3.05, 3.63) is 89.0 Å². The van der Waals surface area contributed by atoms with Gasteiger partial charge in [0.2, 0.25) is 0 Å². The Kier molecular flexibility index (Phi) is 5.74. The van der Waals surface area contributed by atoms with Crippen LogP contribution in [0.1, 0.15) is 35.1 Å². The van der Waals surface area contributed by atoms with Gasteiger partial charge in [0.25, 0.3) is 0 Å². The fraction of sp³-hybridized carbons (Fsp3) is 0.321. The van der Waals surface area contributed by atoms with Crippen molar-refractivity contribution in [3.63, 3.8) is 0 Å². The monoisotopic (exact) mass is 407 g/mol. The summed E-state index contributed by atoms with van der Waals surface area (Å²) in [5.74, 6) is 0. The molecular weight excluding hydrogens is 378 g/mol. The average molecular weight is 408 g/mol. The molecule has 0 saturated carbocycles. The lowest BCUT2D eigenvalue weighted by atomic mass is 9.86. The first kappa shape index (κ1) is 19.8. The maximum absolute atomic E-state index is 10.1. The summed E-state index contributed by atoms with van der Waals surface area (Å²) in [5, 5.41) is 10.1. The zero-order chi connectivity index (χ0) is 21.0. The second-order valence-electron chi connectivity index (χ2n) is 8.71. The second kappa shape index (κ2) is 8.96. The molecule has 3 nitrogen and oxygen atoms in total. The number of benzene rings is 3. The number of nitrogens with zero attached hydrogens (tertiary/aromatic N) is 3. The number of nitriles is 1. The molecule has 2 heterocycles. The van der Waals surface area contributed by atoms with E-state index in [1.165, 1.54) is 40.7 Å². The Bertz CT molecular complexity index is 1080. The topological polar surface area (TPSA) is 30.3 Å². The first-order valence-corrected chi connectivity index (χ1v) is 11.5. The highest BCUT2D eigenvalue weighted by atomic mass is 15.1. The van der Waals surface area contributed by atoms with Crippen LogP contribution in [0, 0.1) is 11.3 Å². The fourth-order valence-electron chi connectivity index (χ4n) is 5.12. The molecule has 3 aromatic rings. The smallest absolute Gasteiger partial charge is 0.102 e. The molecule has 3 aromatic carbocycles. The molecule has 0 N–H and O–H groups in total. The van der Waals surface area contributed by atoms with Gasteiger partial charge in [0.15, 0.2) is 0 Å². The second-order valence-corrected chi connectivity index (χ2v) is 8.71. The van der Waals surface area contributed by atoms with E-state index in [1.807, 2.05) is 0 Å². The Labute approximate surface area is 185 Å². The first-order valence-electron chi connectivity index (χ1n) is 11.5. The van der Waals surface area contributed by atoms with E-state index in [2.05, 4.69) is 82.6 Å². The highest BCUT2D eigenvalue weighted by Crippen LogP contribution is 2.39. The molecule has 0 atom stereocenters. The summed E-state index contributed by atoms with van der Waals surface area (Å²) >= 11 is 0. The van der Waals surface area contributed by atoms with Gasteiger partial charge in [0, 0.05) is 32.7 Å². The molecule has 0 unspecified atom stereocenters. The van der Waals surface area contributed by atoms with Gasteiger partial charge in [0.1, 0.15) is 6.07 Å². The van der Waals surface area contributed by atoms with Crippen molar-refractivity contribution in [1.82, 2.24) is 4.90 Å². The van der Waals surface area contributed by atoms with Gasteiger partial charge in [-0.1, -0.05) is 60.7 Å². The van der Waals surface area contributed by atoms with Gasteiger partial charge in [-0.25, -0.2) is 0 Å². The third-order valence-electron chi connectivity index (χ3n) is 6.79. The Hall–Kier alpha value is -3.09. The minimum Gasteiger partial charge on any atom is -0.370 e. The summed E-state index contributed by atoms with van der Waals surface area (Å²) < 4.78 is 0. The molecule has 1 saturated heterocycles. The predicted octanol–water partition coefficient (Wildman–Crippen LogP) is 5.43. The van der Waals surface area contributed by atoms with Crippen molar-refractivity contribution < 1.29 is 0 Å². The third kappa shape index (κ3) is 4.09. The normalized spacial score (nSPS) is 16.2. The van der Waals surface area contributed by atoms with Crippen LogP contribution in [0.2, 0.25) is 0 Å². The maximum atomic E-state index is 10.1. The summed E-state index contributed by atoms with van der Waals surface area (Å²) in [6.07, 6.45) is 4.45. The van der Waals surface area contributed by atoms with Crippen LogP contribution in [-0.2, 0) is 19.4 Å². The Morgan fingerprint density at radius 3 is 2.26 bits per heavy atom. The lowest BCUT2D eigenvalue weighted by Crippen LogP contribution is -2.33. The molecule has 2 aliphatic rings. The number of anilines is 1. The van der Waals surface area contributed by atoms with Crippen LogP contribution in [0.5, 0.6) is 0 Å². The van der Waals surface area contributed by atoms with E-state index in [0.29, 0.717) is 0 Å². The van der Waals surface area contributed by atoms with E-state index < -0.39 is 0 Å². The fourth-order valence-corrected chi connectivity index (χ4v) is 5.12. The molecule has 0 radical (unpaired) electrons. The van der Waals surface area contributed by atoms with Crippen LogP contribution < -0.4 is 4.90 Å². The highest BCUT2D eigenvalue weighted by molar-refractivity contribution is 5.79. The van der Waals surface area contributed by atoms with Crippen LogP contribution >= 0.6 is 0 Å². The van der Waals surface area contributed by atoms with Gasteiger partial charge >= 0.3 is 0 Å². The van der Waals surface area contributed by atoms with Gasteiger partial charge in [-0.2, -0.15) is 5.26 Å². The zero-order valence-corrected chi connectivity index (χ0v) is 18.1. The van der Waals surface area contributed by atoms with Crippen LogP contribution in [0.25, 0.3) is 11.1 Å². The van der Waals surface area contributed by atoms with Crippen molar-refractivity contribution >= 4 is 5.69 Å². The predicted molar refractivity (Wildman–Crippen MR) is 127 cm³/mol. The maximum Gasteiger partial charge on any atom is 0.102 e. The first-order chi connectivity index (χ1) is 15.3. The molecule has 3 heteroatoms. The van der Waals surface area contributed by atoms with Gasteiger partial charge < -0.3 is 4.90 Å². The Balaban J connectivity index is 1.51. The van der Waals surface area contributed by atoms with Gasteiger partial charge in [-0.05, 0) is 59.6 Å². The van der Waals surface area contributed by atoms with E-state index >= 15 is 0 Å². The van der Waals surface area contributed by atoms with Crippen LogP contribution in [0.3, 0.4) is 0 Å². The molecule has 0 bridgehead atoms. The van der Waals surface area contributed by atoms with Gasteiger partial charge in [0.05, 0.1) is 11.3 Å². The molecule has 0 spiro atoms. The van der Waals surface area contributed by atoms with Gasteiger partial charge in [-0.15, -0.1) is 0 Å². The minimum atomic E-state index is 0.916. The van der Waals surface area contributed by atoms with E-state index in [4.69, 9.17) is 0 Å². The van der Waals surface area contributed by atoms with Gasteiger partial charge in [-0.3, -0.25) is 4.90 Å². The largest absolute Gasteiger partial charge is 0.370 e. The van der Waals surface area contributed by atoms with Crippen LogP contribution in [0.4, 0.5) is 5.69 Å². The summed E-state index contributed by atoms with van der Waals surface area (Å²) in [6, 6.07) is 26.4. The highest BCUT2D eigenvalue weighted by Gasteiger charge is 2.27. The lowest BCUT2D eigenvalue weighted by Gasteiger charge is -2.33. The van der Waals surface area contributed by atoms with Crippen molar-refractivity contribution in [2.45, 2.75) is 32.2 Å². The van der Waals surface area contributed by atoms with E-state index in [1.54, 1.807) is 0 Å². The van der Waals surface area contributed by atoms with E-state index in [0.717, 1.165) is 56.8 Å². The molecule has 2 aliphatic heterocycles. The molecule has 156 valence electrons. The van der Waals surface area contributed by atoms with E-state index in [-0.39, 0.29) is 0 Å². The molecule has 0 aliphatic carbocycles. The summed E-state index contributed by atoms with van der Waals surface area (Å²) in [6.45, 7) is 5.11. The summed E-state index contributed by atoms with van der Waals surface area (Å²) in [7, 11) is 0. The van der Waals surface area contributed by atoms with Crippen LogP contribution in [-0.4, -0.2) is 31.1 Å². The summed E-state index contributed by atoms with van der Waals surface area (Å²) in [4.78, 5) is 4.98. The molecule has 1 fully saturated rings. The van der Waals surface area contributed by atoms with Crippen molar-refractivity contribution in [1.29, 1.82) is 5.26 Å². The lowest BCUT2D eigenvalue weighted by molar-refractivity contribution is 0.258. The van der Waals surface area contributed by atoms with Crippen molar-refractivity contribution in [2.24, 2.45) is 0 Å². The van der Waals surface area contributed by atoms with Crippen molar-refractivity contribution in [3.8, 4) is 17.2 Å². The quantitative estimate of drug-likeness (QED) is 0.565. The number of rotatable bonds is 5. The molecular formula is C28H29N3. The number of hydrogen-bond donors (Lipinski definition) is 0. The number of fused-ring (bicyclic) bond motifs is 1. The number of hydrogen-bond acceptors (Lipinski definition) is 3. The Morgan fingerprint density at radius 2 is 1.55 bits per heavy atom. The standard InChI is InChI=1S/C28H29N3/c29-20-26-24-14-18-30(17-13-22-9-3-1-4-10-22)21-27(24)25(23-11-5-2-6-12-23)19-28(26)31-15-7-8-16-31/h1-6,9-12,19H,7-8,13-18,21H2. The molecule has 0 amide bonds. The van der Waals surface area contributed by atoms with Crippen LogP contribution in [0.15, 0.2) is 66.7 Å². The molecule has 5 rings (SSSR count). The minimum absolute atomic E-state index is 0.916. The third-order valence-corrected chi connectivity index (χ3v) is 6.79.